The minimum absolute atomic E-state index is 0.0556. The lowest BCUT2D eigenvalue weighted by atomic mass is 10.0. The van der Waals surface area contributed by atoms with E-state index in [2.05, 4.69) is 5.32 Å². The number of hydrogen-bond acceptors (Lipinski definition) is 3. The molecule has 0 radical (unpaired) electrons. The van der Waals surface area contributed by atoms with Crippen LogP contribution in [0.15, 0.2) is 24.3 Å². The van der Waals surface area contributed by atoms with Gasteiger partial charge in [0.1, 0.15) is 0 Å². The Balaban J connectivity index is 1.51. The third-order valence-corrected chi connectivity index (χ3v) is 4.93. The second-order valence-corrected chi connectivity index (χ2v) is 6.49. The van der Waals surface area contributed by atoms with Gasteiger partial charge in [0.25, 0.3) is 0 Å². The first-order chi connectivity index (χ1) is 11.1. The lowest BCUT2D eigenvalue weighted by Gasteiger charge is -2.29. The predicted octanol–water partition coefficient (Wildman–Crippen LogP) is 1.63. The van der Waals surface area contributed by atoms with Gasteiger partial charge in [-0.3, -0.25) is 9.59 Å². The van der Waals surface area contributed by atoms with E-state index < -0.39 is 0 Å². The van der Waals surface area contributed by atoms with Crippen molar-refractivity contribution >= 4 is 17.5 Å². The SMILES string of the molecule is O=C(CCN1C(=O)CCc2ccccc21)NCC1CCCC1O. The van der Waals surface area contributed by atoms with Gasteiger partial charge in [-0.15, -0.1) is 0 Å². The van der Waals surface area contributed by atoms with E-state index in [4.69, 9.17) is 0 Å². The summed E-state index contributed by atoms with van der Waals surface area (Å²) in [7, 11) is 0. The summed E-state index contributed by atoms with van der Waals surface area (Å²) >= 11 is 0. The molecule has 5 nitrogen and oxygen atoms in total. The number of anilines is 1. The molecule has 23 heavy (non-hydrogen) atoms. The summed E-state index contributed by atoms with van der Waals surface area (Å²) in [5.74, 6) is 0.207. The van der Waals surface area contributed by atoms with Crippen LogP contribution in [-0.4, -0.2) is 36.1 Å². The van der Waals surface area contributed by atoms with Crippen molar-refractivity contribution in [1.29, 1.82) is 0 Å². The number of nitrogens with one attached hydrogen (secondary N) is 1. The van der Waals surface area contributed by atoms with Crippen LogP contribution in [0.2, 0.25) is 0 Å². The fourth-order valence-electron chi connectivity index (χ4n) is 3.54. The average Bonchev–Trinajstić information content (AvgIpc) is 2.97. The molecule has 0 bridgehead atoms. The number of fused-ring (bicyclic) bond motifs is 1. The largest absolute Gasteiger partial charge is 0.393 e. The molecule has 1 heterocycles. The zero-order valence-corrected chi connectivity index (χ0v) is 13.3. The molecule has 5 heteroatoms. The lowest BCUT2D eigenvalue weighted by Crippen LogP contribution is -2.39. The first-order valence-electron chi connectivity index (χ1n) is 8.48. The van der Waals surface area contributed by atoms with Crippen LogP contribution in [0.25, 0.3) is 0 Å². The van der Waals surface area contributed by atoms with Crippen molar-refractivity contribution in [3.05, 3.63) is 29.8 Å². The van der Waals surface area contributed by atoms with E-state index in [-0.39, 0.29) is 23.8 Å². The van der Waals surface area contributed by atoms with E-state index >= 15 is 0 Å². The molecule has 1 aromatic carbocycles. The quantitative estimate of drug-likeness (QED) is 0.867. The van der Waals surface area contributed by atoms with Crippen molar-refractivity contribution in [2.75, 3.05) is 18.0 Å². The van der Waals surface area contributed by atoms with Crippen molar-refractivity contribution in [2.45, 2.75) is 44.6 Å². The number of hydrogen-bond donors (Lipinski definition) is 2. The van der Waals surface area contributed by atoms with Gasteiger partial charge in [0, 0.05) is 37.5 Å². The number of benzene rings is 1. The highest BCUT2D eigenvalue weighted by Gasteiger charge is 2.26. The summed E-state index contributed by atoms with van der Waals surface area (Å²) in [6, 6.07) is 7.88. The van der Waals surface area contributed by atoms with Crippen molar-refractivity contribution in [3.63, 3.8) is 0 Å². The average molecular weight is 316 g/mol. The van der Waals surface area contributed by atoms with Gasteiger partial charge in [-0.05, 0) is 30.9 Å². The van der Waals surface area contributed by atoms with E-state index in [1.165, 1.54) is 5.56 Å². The number of rotatable bonds is 5. The molecule has 1 aliphatic carbocycles. The summed E-state index contributed by atoms with van der Waals surface area (Å²) < 4.78 is 0. The molecule has 2 unspecified atom stereocenters. The molecule has 1 saturated carbocycles. The molecule has 1 aromatic rings. The van der Waals surface area contributed by atoms with Crippen LogP contribution in [0.3, 0.4) is 0 Å². The normalized spacial score (nSPS) is 23.7. The summed E-state index contributed by atoms with van der Waals surface area (Å²) in [5.41, 5.74) is 2.10. The summed E-state index contributed by atoms with van der Waals surface area (Å²) in [6.07, 6.45) is 4.12. The Kier molecular flexibility index (Phi) is 4.96. The second kappa shape index (κ2) is 7.13. The van der Waals surface area contributed by atoms with Crippen LogP contribution in [0.4, 0.5) is 5.69 Å². The molecule has 3 rings (SSSR count). The van der Waals surface area contributed by atoms with E-state index in [1.54, 1.807) is 4.90 Å². The maximum atomic E-state index is 12.1. The monoisotopic (exact) mass is 316 g/mol. The first-order valence-corrected chi connectivity index (χ1v) is 8.48. The fourth-order valence-corrected chi connectivity index (χ4v) is 3.54. The molecule has 0 spiro atoms. The van der Waals surface area contributed by atoms with E-state index in [0.29, 0.717) is 25.9 Å². The molecule has 2 atom stereocenters. The highest BCUT2D eigenvalue weighted by molar-refractivity contribution is 5.96. The van der Waals surface area contributed by atoms with Gasteiger partial charge in [-0.2, -0.15) is 0 Å². The predicted molar refractivity (Wildman–Crippen MR) is 88.1 cm³/mol. The van der Waals surface area contributed by atoms with Gasteiger partial charge >= 0.3 is 0 Å². The third-order valence-electron chi connectivity index (χ3n) is 4.93. The highest BCUT2D eigenvalue weighted by atomic mass is 16.3. The van der Waals surface area contributed by atoms with Crippen LogP contribution in [0.5, 0.6) is 0 Å². The van der Waals surface area contributed by atoms with E-state index in [0.717, 1.165) is 31.4 Å². The first kappa shape index (κ1) is 16.0. The molecule has 1 aliphatic heterocycles. The number of aryl methyl sites for hydroxylation is 1. The molecule has 2 amide bonds. The van der Waals surface area contributed by atoms with Gasteiger partial charge in [-0.1, -0.05) is 24.6 Å². The molecule has 0 aromatic heterocycles. The molecule has 2 aliphatic rings. The van der Waals surface area contributed by atoms with Gasteiger partial charge in [0.05, 0.1) is 6.10 Å². The number of carbonyl (C=O) groups excluding carboxylic acids is 2. The standard InChI is InChI=1S/C18H24N2O3/c21-16-7-3-5-14(16)12-19-17(22)10-11-20-15-6-2-1-4-13(15)8-9-18(20)23/h1-2,4,6,14,16,21H,3,5,7-12H2,(H,19,22). The number of nitrogens with zero attached hydrogens (tertiary/aromatic N) is 1. The van der Waals surface area contributed by atoms with Gasteiger partial charge in [0.2, 0.25) is 11.8 Å². The lowest BCUT2D eigenvalue weighted by molar-refractivity contribution is -0.121. The topological polar surface area (TPSA) is 69.6 Å². The Hall–Kier alpha value is -1.88. The molecular formula is C18H24N2O3. The van der Waals surface area contributed by atoms with Crippen molar-refractivity contribution in [1.82, 2.24) is 5.32 Å². The highest BCUT2D eigenvalue weighted by Crippen LogP contribution is 2.27. The number of aliphatic hydroxyl groups is 1. The van der Waals surface area contributed by atoms with Gasteiger partial charge in [0.15, 0.2) is 0 Å². The maximum Gasteiger partial charge on any atom is 0.227 e. The summed E-state index contributed by atoms with van der Waals surface area (Å²) in [4.78, 5) is 25.9. The maximum absolute atomic E-state index is 12.1. The minimum Gasteiger partial charge on any atom is -0.393 e. The number of amides is 2. The van der Waals surface area contributed by atoms with Crippen LogP contribution in [0.1, 0.15) is 37.7 Å². The van der Waals surface area contributed by atoms with Gasteiger partial charge in [-0.25, -0.2) is 0 Å². The van der Waals surface area contributed by atoms with Crippen molar-refractivity contribution < 1.29 is 14.7 Å². The van der Waals surface area contributed by atoms with Crippen molar-refractivity contribution in [2.24, 2.45) is 5.92 Å². The number of aliphatic hydroxyl groups excluding tert-OH is 1. The molecular weight excluding hydrogens is 292 g/mol. The Morgan fingerprint density at radius 1 is 1.26 bits per heavy atom. The third kappa shape index (κ3) is 3.72. The Morgan fingerprint density at radius 2 is 2.09 bits per heavy atom. The van der Waals surface area contributed by atoms with Crippen LogP contribution < -0.4 is 10.2 Å². The zero-order chi connectivity index (χ0) is 16.2. The van der Waals surface area contributed by atoms with Crippen LogP contribution >= 0.6 is 0 Å². The fraction of sp³-hybridized carbons (Fsp3) is 0.556. The summed E-state index contributed by atoms with van der Waals surface area (Å²) in [5, 5.41) is 12.7. The van der Waals surface area contributed by atoms with E-state index in [1.807, 2.05) is 24.3 Å². The van der Waals surface area contributed by atoms with Crippen LogP contribution in [-0.2, 0) is 16.0 Å². The van der Waals surface area contributed by atoms with E-state index in [9.17, 15) is 14.7 Å². The Morgan fingerprint density at radius 3 is 2.87 bits per heavy atom. The zero-order valence-electron chi connectivity index (χ0n) is 13.3. The molecule has 2 N–H and O–H groups in total. The molecule has 124 valence electrons. The van der Waals surface area contributed by atoms with Crippen molar-refractivity contribution in [3.8, 4) is 0 Å². The smallest absolute Gasteiger partial charge is 0.227 e. The Labute approximate surface area is 136 Å². The Bertz CT molecular complexity index is 587. The summed E-state index contributed by atoms with van der Waals surface area (Å²) in [6.45, 7) is 0.944. The molecule has 1 fully saturated rings. The minimum atomic E-state index is -0.286. The number of carbonyl (C=O) groups is 2. The molecule has 0 saturated heterocycles. The van der Waals surface area contributed by atoms with Gasteiger partial charge < -0.3 is 15.3 Å². The van der Waals surface area contributed by atoms with Crippen LogP contribution in [0, 0.1) is 5.92 Å². The number of para-hydroxylation sites is 1. The second-order valence-electron chi connectivity index (χ2n) is 6.49.